The second kappa shape index (κ2) is 8.10. The van der Waals surface area contributed by atoms with Crippen molar-refractivity contribution in [2.45, 2.75) is 12.3 Å². The summed E-state index contributed by atoms with van der Waals surface area (Å²) in [5.41, 5.74) is 0.993. The van der Waals surface area contributed by atoms with Crippen molar-refractivity contribution in [1.82, 2.24) is 5.32 Å². The Labute approximate surface area is 139 Å². The van der Waals surface area contributed by atoms with Crippen molar-refractivity contribution in [1.29, 1.82) is 0 Å². The van der Waals surface area contributed by atoms with Crippen LogP contribution < -0.4 is 14.8 Å². The molecule has 1 saturated carbocycles. The third-order valence-corrected chi connectivity index (χ3v) is 4.68. The SMILES string of the molecule is COc1ccc(OC)c(C2CC2C(=O)NCCSCC(=O)O)c1. The minimum Gasteiger partial charge on any atom is -0.497 e. The second-order valence-corrected chi connectivity index (χ2v) is 6.40. The van der Waals surface area contributed by atoms with E-state index in [1.54, 1.807) is 14.2 Å². The number of nitrogens with one attached hydrogen (secondary N) is 1. The molecule has 23 heavy (non-hydrogen) atoms. The van der Waals surface area contributed by atoms with Crippen molar-refractivity contribution in [3.8, 4) is 11.5 Å². The fourth-order valence-electron chi connectivity index (χ4n) is 2.49. The average molecular weight is 339 g/mol. The van der Waals surface area contributed by atoms with Crippen LogP contribution in [0.15, 0.2) is 18.2 Å². The van der Waals surface area contributed by atoms with E-state index < -0.39 is 5.97 Å². The van der Waals surface area contributed by atoms with Gasteiger partial charge < -0.3 is 19.9 Å². The van der Waals surface area contributed by atoms with Gasteiger partial charge in [-0.25, -0.2) is 0 Å². The molecule has 1 amide bonds. The molecule has 2 rings (SSSR count). The van der Waals surface area contributed by atoms with Crippen LogP contribution in [0.1, 0.15) is 17.9 Å². The molecule has 1 aliphatic rings. The van der Waals surface area contributed by atoms with Gasteiger partial charge in [0.2, 0.25) is 5.91 Å². The lowest BCUT2D eigenvalue weighted by Gasteiger charge is -2.10. The van der Waals surface area contributed by atoms with E-state index in [1.807, 2.05) is 18.2 Å². The molecule has 1 aromatic rings. The molecule has 0 heterocycles. The highest BCUT2D eigenvalue weighted by molar-refractivity contribution is 7.99. The van der Waals surface area contributed by atoms with Crippen molar-refractivity contribution < 1.29 is 24.2 Å². The highest BCUT2D eigenvalue weighted by Crippen LogP contribution is 2.51. The maximum atomic E-state index is 12.1. The van der Waals surface area contributed by atoms with Crippen LogP contribution in [0.25, 0.3) is 0 Å². The van der Waals surface area contributed by atoms with Gasteiger partial charge in [-0.2, -0.15) is 0 Å². The molecule has 2 N–H and O–H groups in total. The Morgan fingerprint density at radius 2 is 2.13 bits per heavy atom. The number of carboxylic acids is 1. The van der Waals surface area contributed by atoms with Crippen LogP contribution in [0, 0.1) is 5.92 Å². The monoisotopic (exact) mass is 339 g/mol. The molecule has 2 atom stereocenters. The molecule has 7 heteroatoms. The van der Waals surface area contributed by atoms with E-state index >= 15 is 0 Å². The molecule has 1 aliphatic carbocycles. The number of rotatable bonds is 9. The number of carbonyl (C=O) groups excluding carboxylic acids is 1. The average Bonchev–Trinajstić information content (AvgIpc) is 3.34. The van der Waals surface area contributed by atoms with Gasteiger partial charge in [0, 0.05) is 29.7 Å². The van der Waals surface area contributed by atoms with E-state index in [2.05, 4.69) is 5.32 Å². The minimum atomic E-state index is -0.839. The van der Waals surface area contributed by atoms with Crippen LogP contribution in [-0.2, 0) is 9.59 Å². The van der Waals surface area contributed by atoms with Gasteiger partial charge in [0.25, 0.3) is 0 Å². The second-order valence-electron chi connectivity index (χ2n) is 5.29. The van der Waals surface area contributed by atoms with Gasteiger partial charge in [0.1, 0.15) is 11.5 Å². The highest BCUT2D eigenvalue weighted by Gasteiger charge is 2.45. The van der Waals surface area contributed by atoms with Crippen LogP contribution in [0.3, 0.4) is 0 Å². The Balaban J connectivity index is 1.84. The molecule has 0 aromatic heterocycles. The van der Waals surface area contributed by atoms with E-state index in [-0.39, 0.29) is 23.5 Å². The zero-order chi connectivity index (χ0) is 16.8. The summed E-state index contributed by atoms with van der Waals surface area (Å²) in [5, 5.41) is 11.4. The summed E-state index contributed by atoms with van der Waals surface area (Å²) in [6.45, 7) is 0.481. The van der Waals surface area contributed by atoms with Gasteiger partial charge in [-0.15, -0.1) is 11.8 Å². The first kappa shape index (κ1) is 17.5. The summed E-state index contributed by atoms with van der Waals surface area (Å²) >= 11 is 1.29. The van der Waals surface area contributed by atoms with Crippen molar-refractivity contribution >= 4 is 23.6 Å². The summed E-state index contributed by atoms with van der Waals surface area (Å²) in [6.07, 6.45) is 0.789. The van der Waals surface area contributed by atoms with E-state index in [0.717, 1.165) is 23.5 Å². The Morgan fingerprint density at radius 1 is 1.35 bits per heavy atom. The van der Waals surface area contributed by atoms with Gasteiger partial charge in [0.15, 0.2) is 0 Å². The number of ether oxygens (including phenoxy) is 2. The summed E-state index contributed by atoms with van der Waals surface area (Å²) < 4.78 is 10.6. The quantitative estimate of drug-likeness (QED) is 0.667. The molecule has 1 aromatic carbocycles. The van der Waals surface area contributed by atoms with Crippen LogP contribution in [0.4, 0.5) is 0 Å². The Morgan fingerprint density at radius 3 is 2.78 bits per heavy atom. The summed E-state index contributed by atoms with van der Waals surface area (Å²) in [7, 11) is 3.22. The van der Waals surface area contributed by atoms with Crippen molar-refractivity contribution in [2.75, 3.05) is 32.3 Å². The number of carbonyl (C=O) groups is 2. The molecule has 0 saturated heterocycles. The maximum Gasteiger partial charge on any atom is 0.313 e. The number of benzene rings is 1. The standard InChI is InChI=1S/C16H21NO5S/c1-21-10-3-4-14(22-2)12(7-10)11-8-13(11)16(20)17-5-6-23-9-15(18)19/h3-4,7,11,13H,5-6,8-9H2,1-2H3,(H,17,20)(H,18,19). The lowest BCUT2D eigenvalue weighted by molar-refractivity contribution is -0.133. The van der Waals surface area contributed by atoms with Crippen molar-refractivity contribution in [2.24, 2.45) is 5.92 Å². The molecule has 2 unspecified atom stereocenters. The first-order valence-corrected chi connectivity index (χ1v) is 8.51. The molecule has 126 valence electrons. The predicted molar refractivity (Wildman–Crippen MR) is 88.4 cm³/mol. The Bertz CT molecular complexity index is 578. The van der Waals surface area contributed by atoms with Gasteiger partial charge in [-0.3, -0.25) is 9.59 Å². The van der Waals surface area contributed by atoms with Gasteiger partial charge in [-0.1, -0.05) is 0 Å². The number of amides is 1. The zero-order valence-corrected chi connectivity index (χ0v) is 14.0. The number of thioether (sulfide) groups is 1. The summed E-state index contributed by atoms with van der Waals surface area (Å²) in [6, 6.07) is 5.60. The Hall–Kier alpha value is -1.89. The number of methoxy groups -OCH3 is 2. The van der Waals surface area contributed by atoms with Crippen molar-refractivity contribution in [3.63, 3.8) is 0 Å². The number of carboxylic acid groups (broad SMARTS) is 1. The smallest absolute Gasteiger partial charge is 0.313 e. The topological polar surface area (TPSA) is 84.9 Å². The lowest BCUT2D eigenvalue weighted by atomic mass is 10.1. The number of hydrogen-bond donors (Lipinski definition) is 2. The van der Waals surface area contributed by atoms with E-state index in [1.165, 1.54) is 11.8 Å². The van der Waals surface area contributed by atoms with Crippen molar-refractivity contribution in [3.05, 3.63) is 23.8 Å². The van der Waals surface area contributed by atoms with Crippen LogP contribution in [-0.4, -0.2) is 49.3 Å². The fourth-order valence-corrected chi connectivity index (χ4v) is 3.06. The molecule has 0 radical (unpaired) electrons. The largest absolute Gasteiger partial charge is 0.497 e. The molecule has 1 fully saturated rings. The first-order chi connectivity index (χ1) is 11.1. The normalized spacial score (nSPS) is 19.0. The summed E-state index contributed by atoms with van der Waals surface area (Å²) in [4.78, 5) is 22.5. The predicted octanol–water partition coefficient (Wildman–Crippen LogP) is 1.74. The first-order valence-electron chi connectivity index (χ1n) is 7.36. The third kappa shape index (κ3) is 4.79. The highest BCUT2D eigenvalue weighted by atomic mass is 32.2. The van der Waals surface area contributed by atoms with Gasteiger partial charge in [-0.05, 0) is 24.6 Å². The van der Waals surface area contributed by atoms with Crippen LogP contribution >= 0.6 is 11.8 Å². The minimum absolute atomic E-state index is 0.01000. The number of hydrogen-bond acceptors (Lipinski definition) is 5. The molecular formula is C16H21NO5S. The fraction of sp³-hybridized carbons (Fsp3) is 0.500. The lowest BCUT2D eigenvalue weighted by Crippen LogP contribution is -2.27. The van der Waals surface area contributed by atoms with Crippen LogP contribution in [0.2, 0.25) is 0 Å². The van der Waals surface area contributed by atoms with E-state index in [0.29, 0.717) is 12.3 Å². The van der Waals surface area contributed by atoms with E-state index in [9.17, 15) is 9.59 Å². The molecular weight excluding hydrogens is 318 g/mol. The van der Waals surface area contributed by atoms with E-state index in [4.69, 9.17) is 14.6 Å². The van der Waals surface area contributed by atoms with Gasteiger partial charge >= 0.3 is 5.97 Å². The maximum absolute atomic E-state index is 12.1. The Kier molecular flexibility index (Phi) is 6.15. The molecule has 6 nitrogen and oxygen atoms in total. The summed E-state index contributed by atoms with van der Waals surface area (Å²) in [5.74, 6) is 1.43. The molecule has 0 spiro atoms. The number of aliphatic carboxylic acids is 1. The van der Waals surface area contributed by atoms with Gasteiger partial charge in [0.05, 0.1) is 20.0 Å². The molecule has 0 bridgehead atoms. The zero-order valence-electron chi connectivity index (χ0n) is 13.2. The molecule has 0 aliphatic heterocycles. The third-order valence-electron chi connectivity index (χ3n) is 3.73. The van der Waals surface area contributed by atoms with Crippen LogP contribution in [0.5, 0.6) is 11.5 Å².